The topological polar surface area (TPSA) is 100 Å². The summed E-state index contributed by atoms with van der Waals surface area (Å²) in [5, 5.41) is 31.5. The van der Waals surface area contributed by atoms with Crippen molar-refractivity contribution in [2.75, 3.05) is 0 Å². The summed E-state index contributed by atoms with van der Waals surface area (Å²) in [6, 6.07) is 11.9. The van der Waals surface area contributed by atoms with Crippen LogP contribution in [0.4, 0.5) is 0 Å². The summed E-state index contributed by atoms with van der Waals surface area (Å²) in [6.07, 6.45) is 11.5. The number of furan rings is 1. The average Bonchev–Trinajstić information content (AvgIpc) is 3.46. The first-order chi connectivity index (χ1) is 17.3. The van der Waals surface area contributed by atoms with Crippen LogP contribution in [0.15, 0.2) is 71.4 Å². The zero-order chi connectivity index (χ0) is 25.9. The van der Waals surface area contributed by atoms with Crippen molar-refractivity contribution < 1.29 is 29.3 Å². The van der Waals surface area contributed by atoms with Crippen LogP contribution in [-0.4, -0.2) is 45.7 Å². The Morgan fingerprint density at radius 1 is 1.17 bits per heavy atom. The number of carbonyl (C=O) groups is 1. The van der Waals surface area contributed by atoms with Gasteiger partial charge in [0.05, 0.1) is 30.7 Å². The molecule has 2 aromatic rings. The number of esters is 1. The first-order valence-corrected chi connectivity index (χ1v) is 13.0. The second-order valence-corrected chi connectivity index (χ2v) is 9.92. The lowest BCUT2D eigenvalue weighted by Crippen LogP contribution is -2.20. The fraction of sp³-hybridized carbons (Fsp3) is 0.500. The molecule has 0 aliphatic heterocycles. The molecule has 3 N–H and O–H groups in total. The number of benzene rings is 1. The highest BCUT2D eigenvalue weighted by molar-refractivity contribution is 5.69. The number of rotatable bonds is 13. The molecule has 36 heavy (non-hydrogen) atoms. The van der Waals surface area contributed by atoms with Crippen LogP contribution in [-0.2, 0) is 16.0 Å². The molecule has 1 aliphatic carbocycles. The number of unbranched alkanes of at least 4 members (excludes halogenated alkanes) is 1. The van der Waals surface area contributed by atoms with E-state index in [0.29, 0.717) is 32.1 Å². The van der Waals surface area contributed by atoms with E-state index in [1.54, 1.807) is 12.3 Å². The second-order valence-electron chi connectivity index (χ2n) is 9.92. The van der Waals surface area contributed by atoms with Gasteiger partial charge < -0.3 is 24.5 Å². The van der Waals surface area contributed by atoms with Gasteiger partial charge in [0.2, 0.25) is 0 Å². The van der Waals surface area contributed by atoms with Gasteiger partial charge >= 0.3 is 5.97 Å². The van der Waals surface area contributed by atoms with Crippen LogP contribution >= 0.6 is 0 Å². The number of hydrogen-bond acceptors (Lipinski definition) is 6. The molecule has 1 saturated carbocycles. The van der Waals surface area contributed by atoms with Gasteiger partial charge in [-0.15, -0.1) is 0 Å². The Hall–Kier alpha value is -2.67. The van der Waals surface area contributed by atoms with Crippen LogP contribution in [0.25, 0.3) is 11.3 Å². The van der Waals surface area contributed by atoms with Crippen molar-refractivity contribution in [2.24, 2.45) is 11.8 Å². The van der Waals surface area contributed by atoms with Crippen molar-refractivity contribution in [3.63, 3.8) is 0 Å². The number of aliphatic hydroxyl groups excluding tert-OH is 3. The van der Waals surface area contributed by atoms with Gasteiger partial charge in [0.25, 0.3) is 0 Å². The Morgan fingerprint density at radius 2 is 2.00 bits per heavy atom. The molecule has 1 heterocycles. The van der Waals surface area contributed by atoms with Crippen molar-refractivity contribution in [1.82, 2.24) is 0 Å². The van der Waals surface area contributed by atoms with Gasteiger partial charge in [-0.05, 0) is 75.6 Å². The maximum Gasteiger partial charge on any atom is 0.306 e. The van der Waals surface area contributed by atoms with Gasteiger partial charge in [-0.2, -0.15) is 0 Å². The maximum absolute atomic E-state index is 11.6. The molecule has 196 valence electrons. The summed E-state index contributed by atoms with van der Waals surface area (Å²) in [5.41, 5.74) is 2.13. The highest BCUT2D eigenvalue weighted by Crippen LogP contribution is 2.36. The van der Waals surface area contributed by atoms with Crippen LogP contribution in [0.5, 0.6) is 0 Å². The third-order valence-electron chi connectivity index (χ3n) is 6.63. The fourth-order valence-electron chi connectivity index (χ4n) is 4.75. The summed E-state index contributed by atoms with van der Waals surface area (Å²) in [4.78, 5) is 11.6. The number of allylic oxidation sites excluding steroid dienone is 2. The monoisotopic (exact) mass is 496 g/mol. The Labute approximate surface area is 214 Å². The summed E-state index contributed by atoms with van der Waals surface area (Å²) >= 11 is 0. The number of carbonyl (C=O) groups excluding carboxylic acids is 1. The molecule has 1 aromatic carbocycles. The normalized spacial score (nSPS) is 23.2. The molecule has 1 aromatic heterocycles. The molecule has 6 nitrogen and oxygen atoms in total. The molecular formula is C30H40O6. The van der Waals surface area contributed by atoms with E-state index in [0.717, 1.165) is 29.7 Å². The van der Waals surface area contributed by atoms with Crippen molar-refractivity contribution >= 4 is 5.97 Å². The molecular weight excluding hydrogens is 456 g/mol. The summed E-state index contributed by atoms with van der Waals surface area (Å²) in [7, 11) is 0. The van der Waals surface area contributed by atoms with E-state index in [4.69, 9.17) is 9.15 Å². The summed E-state index contributed by atoms with van der Waals surface area (Å²) < 4.78 is 10.6. The van der Waals surface area contributed by atoms with E-state index >= 15 is 0 Å². The molecule has 1 aliphatic rings. The van der Waals surface area contributed by atoms with E-state index < -0.39 is 18.3 Å². The second kappa shape index (κ2) is 14.2. The minimum Gasteiger partial charge on any atom is -0.464 e. The van der Waals surface area contributed by atoms with Gasteiger partial charge in [0.15, 0.2) is 0 Å². The number of ether oxygens (including phenoxy) is 1. The van der Waals surface area contributed by atoms with Gasteiger partial charge in [-0.3, -0.25) is 4.79 Å². The maximum atomic E-state index is 11.6. The third kappa shape index (κ3) is 8.77. The van der Waals surface area contributed by atoms with Crippen LogP contribution in [0.3, 0.4) is 0 Å². The van der Waals surface area contributed by atoms with E-state index in [-0.39, 0.29) is 23.9 Å². The predicted octanol–water partition coefficient (Wildman–Crippen LogP) is 5.22. The fourth-order valence-corrected chi connectivity index (χ4v) is 4.75. The van der Waals surface area contributed by atoms with Crippen LogP contribution in [0.2, 0.25) is 0 Å². The van der Waals surface area contributed by atoms with Gasteiger partial charge in [-0.1, -0.05) is 42.5 Å². The minimum absolute atomic E-state index is 0.0923. The standard InChI is InChI=1S/C30H40O6/c1-21(2)36-30(34)13-6-4-3-5-11-25-26(28(33)20-27(25)32)17-16-24(31)15-14-22-9-7-10-23(19-22)29-12-8-18-35-29/h3,5,7-10,12,16-19,21,24-28,31-33H,4,6,11,13-15,20H2,1-2H3/b5-3-,17-16+/t24-,25+,26+,27-,28+/m0/s1. The SMILES string of the molecule is CC(C)OC(=O)CCC/C=C\C[C@@H]1[C@@H](/C=C/[C@@H](O)CCc2cccc(-c3ccco3)c2)[C@H](O)C[C@@H]1O. The van der Waals surface area contributed by atoms with Crippen LogP contribution in [0, 0.1) is 11.8 Å². The van der Waals surface area contributed by atoms with E-state index in [1.807, 2.05) is 62.4 Å². The smallest absolute Gasteiger partial charge is 0.306 e. The molecule has 0 unspecified atom stereocenters. The number of aryl methyl sites for hydroxylation is 1. The van der Waals surface area contributed by atoms with Crippen molar-refractivity contribution in [3.05, 3.63) is 72.5 Å². The number of aliphatic hydroxyl groups is 3. The molecule has 0 amide bonds. The van der Waals surface area contributed by atoms with Crippen molar-refractivity contribution in [3.8, 4) is 11.3 Å². The first kappa shape index (κ1) is 27.9. The Kier molecular flexibility index (Phi) is 11.0. The summed E-state index contributed by atoms with van der Waals surface area (Å²) in [5.74, 6) is 0.333. The van der Waals surface area contributed by atoms with Crippen molar-refractivity contribution in [1.29, 1.82) is 0 Å². The van der Waals surface area contributed by atoms with Gasteiger partial charge in [0, 0.05) is 24.3 Å². The zero-order valence-electron chi connectivity index (χ0n) is 21.3. The predicted molar refractivity (Wildman–Crippen MR) is 140 cm³/mol. The lowest BCUT2D eigenvalue weighted by Gasteiger charge is -2.19. The largest absolute Gasteiger partial charge is 0.464 e. The Balaban J connectivity index is 1.45. The molecule has 0 spiro atoms. The molecule has 3 rings (SSSR count). The van der Waals surface area contributed by atoms with Crippen LogP contribution < -0.4 is 0 Å². The van der Waals surface area contributed by atoms with Crippen molar-refractivity contribution in [2.45, 2.75) is 83.2 Å². The van der Waals surface area contributed by atoms with Gasteiger partial charge in [-0.25, -0.2) is 0 Å². The third-order valence-corrected chi connectivity index (χ3v) is 6.63. The molecule has 0 radical (unpaired) electrons. The Bertz CT molecular complexity index is 977. The number of hydrogen-bond donors (Lipinski definition) is 3. The first-order valence-electron chi connectivity index (χ1n) is 13.0. The van der Waals surface area contributed by atoms with E-state index in [2.05, 4.69) is 6.07 Å². The molecule has 0 bridgehead atoms. The molecule has 0 saturated heterocycles. The summed E-state index contributed by atoms with van der Waals surface area (Å²) in [6.45, 7) is 3.68. The Morgan fingerprint density at radius 3 is 2.75 bits per heavy atom. The highest BCUT2D eigenvalue weighted by Gasteiger charge is 2.39. The quantitative estimate of drug-likeness (QED) is 0.200. The van der Waals surface area contributed by atoms with Gasteiger partial charge in [0.1, 0.15) is 5.76 Å². The molecule has 6 heteroatoms. The highest BCUT2D eigenvalue weighted by atomic mass is 16.5. The van der Waals surface area contributed by atoms with E-state index in [9.17, 15) is 20.1 Å². The average molecular weight is 497 g/mol. The lowest BCUT2D eigenvalue weighted by molar-refractivity contribution is -0.147. The zero-order valence-corrected chi connectivity index (χ0v) is 21.3. The molecule has 5 atom stereocenters. The molecule has 1 fully saturated rings. The van der Waals surface area contributed by atoms with Crippen LogP contribution in [0.1, 0.15) is 57.9 Å². The van der Waals surface area contributed by atoms with E-state index in [1.165, 1.54) is 0 Å². The minimum atomic E-state index is -0.635. The lowest BCUT2D eigenvalue weighted by atomic mass is 9.89.